The van der Waals surface area contributed by atoms with E-state index in [0.717, 1.165) is 30.0 Å². The van der Waals surface area contributed by atoms with Gasteiger partial charge in [-0.25, -0.2) is 0 Å². The second-order valence-corrected chi connectivity index (χ2v) is 5.09. The summed E-state index contributed by atoms with van der Waals surface area (Å²) in [5.41, 5.74) is 2.93. The van der Waals surface area contributed by atoms with Crippen molar-refractivity contribution in [2.45, 2.75) is 26.2 Å². The zero-order valence-corrected chi connectivity index (χ0v) is 10.7. The number of alkyl halides is 1. The third-order valence-corrected chi connectivity index (χ3v) is 3.45. The first kappa shape index (κ1) is 11.0. The fourth-order valence-electron chi connectivity index (χ4n) is 2.20. The summed E-state index contributed by atoms with van der Waals surface area (Å²) in [7, 11) is 0. The van der Waals surface area contributed by atoms with Gasteiger partial charge in [-0.2, -0.15) is 0 Å². The summed E-state index contributed by atoms with van der Waals surface area (Å²) in [4.78, 5) is 0. The minimum Gasteiger partial charge on any atom is -0.493 e. The highest BCUT2D eigenvalue weighted by Crippen LogP contribution is 2.33. The normalized spacial score (nSPS) is 18.9. The van der Waals surface area contributed by atoms with Crippen molar-refractivity contribution in [3.63, 3.8) is 0 Å². The highest BCUT2D eigenvalue weighted by atomic mass is 79.9. The number of benzene rings is 1. The molecule has 1 aromatic rings. The molecule has 1 nitrogen and oxygen atoms in total. The molecule has 0 amide bonds. The van der Waals surface area contributed by atoms with Crippen LogP contribution in [0.25, 0.3) is 0 Å². The molecule has 0 saturated heterocycles. The van der Waals surface area contributed by atoms with E-state index in [9.17, 15) is 0 Å². The third-order valence-electron chi connectivity index (χ3n) is 2.89. The molecule has 1 aromatic carbocycles. The van der Waals surface area contributed by atoms with Crippen LogP contribution < -0.4 is 4.74 Å². The molecule has 0 heterocycles. The lowest BCUT2D eigenvalue weighted by Gasteiger charge is -2.09. The van der Waals surface area contributed by atoms with Crippen molar-refractivity contribution >= 4 is 15.9 Å². The minimum absolute atomic E-state index is 0.779. The predicted molar refractivity (Wildman–Crippen MR) is 66.9 cm³/mol. The van der Waals surface area contributed by atoms with Crippen LogP contribution in [0.1, 0.15) is 24.5 Å². The van der Waals surface area contributed by atoms with Gasteiger partial charge < -0.3 is 4.74 Å². The molecular weight excluding hydrogens is 252 g/mol. The average Bonchev–Trinajstić information content (AvgIpc) is 2.59. The van der Waals surface area contributed by atoms with Crippen LogP contribution >= 0.6 is 15.9 Å². The fraction of sp³-hybridized carbons (Fsp3) is 0.538. The lowest BCUT2D eigenvalue weighted by molar-refractivity contribution is 0.315. The van der Waals surface area contributed by atoms with Crippen LogP contribution in [0.2, 0.25) is 0 Å². The van der Waals surface area contributed by atoms with Crippen molar-refractivity contribution in [3.05, 3.63) is 29.3 Å². The van der Waals surface area contributed by atoms with E-state index in [0.29, 0.717) is 0 Å². The van der Waals surface area contributed by atoms with Gasteiger partial charge in [0.1, 0.15) is 5.75 Å². The summed E-state index contributed by atoms with van der Waals surface area (Å²) < 4.78 is 5.81. The highest BCUT2D eigenvalue weighted by Gasteiger charge is 2.20. The topological polar surface area (TPSA) is 9.23 Å². The first-order valence-corrected chi connectivity index (χ1v) is 6.73. The number of fused-ring (bicyclic) bond motifs is 1. The van der Waals surface area contributed by atoms with Gasteiger partial charge in [0.2, 0.25) is 0 Å². The van der Waals surface area contributed by atoms with Crippen molar-refractivity contribution in [2.75, 3.05) is 11.9 Å². The molecule has 1 aliphatic carbocycles. The Labute approximate surface area is 100.0 Å². The second kappa shape index (κ2) is 5.02. The van der Waals surface area contributed by atoms with E-state index in [1.807, 2.05) is 0 Å². The van der Waals surface area contributed by atoms with Gasteiger partial charge in [-0.1, -0.05) is 35.0 Å². The Morgan fingerprint density at radius 1 is 1.40 bits per heavy atom. The summed E-state index contributed by atoms with van der Waals surface area (Å²) in [6.45, 7) is 3.12. The van der Waals surface area contributed by atoms with Gasteiger partial charge in [0.25, 0.3) is 0 Å². The predicted octanol–water partition coefficient (Wildman–Crippen LogP) is 3.59. The second-order valence-electron chi connectivity index (χ2n) is 4.30. The number of rotatable bonds is 4. The van der Waals surface area contributed by atoms with Crippen LogP contribution in [-0.4, -0.2) is 11.9 Å². The molecule has 0 aliphatic heterocycles. The number of hydrogen-bond donors (Lipinski definition) is 0. The fourth-order valence-corrected chi connectivity index (χ4v) is 2.43. The monoisotopic (exact) mass is 268 g/mol. The molecule has 0 fully saturated rings. The van der Waals surface area contributed by atoms with Crippen molar-refractivity contribution in [2.24, 2.45) is 5.92 Å². The number of ether oxygens (including phenoxy) is 1. The van der Waals surface area contributed by atoms with Crippen LogP contribution in [-0.2, 0) is 12.8 Å². The number of hydrogen-bond acceptors (Lipinski definition) is 1. The molecule has 0 bridgehead atoms. The largest absolute Gasteiger partial charge is 0.493 e. The Balaban J connectivity index is 2.09. The maximum absolute atomic E-state index is 5.81. The molecule has 82 valence electrons. The Hall–Kier alpha value is -0.500. The maximum Gasteiger partial charge on any atom is 0.122 e. The quantitative estimate of drug-likeness (QED) is 0.599. The van der Waals surface area contributed by atoms with Crippen LogP contribution in [0.15, 0.2) is 18.2 Å². The Morgan fingerprint density at radius 3 is 3.07 bits per heavy atom. The molecule has 0 radical (unpaired) electrons. The van der Waals surface area contributed by atoms with E-state index >= 15 is 0 Å². The average molecular weight is 269 g/mol. The van der Waals surface area contributed by atoms with Gasteiger partial charge in [-0.05, 0) is 42.4 Å². The van der Waals surface area contributed by atoms with E-state index in [-0.39, 0.29) is 0 Å². The minimum atomic E-state index is 0.779. The molecule has 2 rings (SSSR count). The summed E-state index contributed by atoms with van der Waals surface area (Å²) in [6, 6.07) is 6.45. The molecule has 0 saturated carbocycles. The van der Waals surface area contributed by atoms with Crippen LogP contribution in [0.4, 0.5) is 0 Å². The van der Waals surface area contributed by atoms with Gasteiger partial charge in [-0.3, -0.25) is 0 Å². The molecule has 2 heteroatoms. The highest BCUT2D eigenvalue weighted by molar-refractivity contribution is 9.09. The van der Waals surface area contributed by atoms with Crippen LogP contribution in [0.5, 0.6) is 5.75 Å². The molecular formula is C13H17BrO. The number of halogens is 1. The van der Waals surface area contributed by atoms with Crippen molar-refractivity contribution in [1.29, 1.82) is 0 Å². The SMILES string of the molecule is CC1Cc2cccc(OCCCBr)c2C1. The molecule has 1 atom stereocenters. The lowest BCUT2D eigenvalue weighted by atomic mass is 10.1. The smallest absolute Gasteiger partial charge is 0.122 e. The first-order chi connectivity index (χ1) is 7.31. The Bertz CT molecular complexity index is 335. The van der Waals surface area contributed by atoms with Crippen molar-refractivity contribution < 1.29 is 4.74 Å². The zero-order chi connectivity index (χ0) is 10.7. The standard InChI is InChI=1S/C13H17BrO/c1-10-8-11-4-2-5-13(12(11)9-10)15-7-3-6-14/h2,4-5,10H,3,6-9H2,1H3. The van der Waals surface area contributed by atoms with E-state index in [1.165, 1.54) is 24.0 Å². The van der Waals surface area contributed by atoms with Gasteiger partial charge in [0.15, 0.2) is 0 Å². The first-order valence-electron chi connectivity index (χ1n) is 5.61. The van der Waals surface area contributed by atoms with E-state index in [4.69, 9.17) is 4.74 Å². The van der Waals surface area contributed by atoms with E-state index in [2.05, 4.69) is 41.1 Å². The van der Waals surface area contributed by atoms with Gasteiger partial charge >= 0.3 is 0 Å². The van der Waals surface area contributed by atoms with E-state index < -0.39 is 0 Å². The van der Waals surface area contributed by atoms with Crippen LogP contribution in [0, 0.1) is 5.92 Å². The summed E-state index contributed by atoms with van der Waals surface area (Å²) in [5.74, 6) is 1.89. The summed E-state index contributed by atoms with van der Waals surface area (Å²) >= 11 is 3.41. The molecule has 0 N–H and O–H groups in total. The van der Waals surface area contributed by atoms with Crippen molar-refractivity contribution in [1.82, 2.24) is 0 Å². The van der Waals surface area contributed by atoms with Crippen molar-refractivity contribution in [3.8, 4) is 5.75 Å². The third kappa shape index (κ3) is 2.54. The van der Waals surface area contributed by atoms with E-state index in [1.54, 1.807) is 0 Å². The summed E-state index contributed by atoms with van der Waals surface area (Å²) in [5, 5.41) is 1.01. The zero-order valence-electron chi connectivity index (χ0n) is 9.13. The molecule has 1 aliphatic rings. The molecule has 0 aromatic heterocycles. The van der Waals surface area contributed by atoms with Gasteiger partial charge in [0, 0.05) is 5.33 Å². The Morgan fingerprint density at radius 2 is 2.27 bits per heavy atom. The van der Waals surface area contributed by atoms with Gasteiger partial charge in [0.05, 0.1) is 6.61 Å². The Kier molecular flexibility index (Phi) is 3.68. The maximum atomic E-state index is 5.81. The molecule has 0 spiro atoms. The van der Waals surface area contributed by atoms with Crippen LogP contribution in [0.3, 0.4) is 0 Å². The van der Waals surface area contributed by atoms with Gasteiger partial charge in [-0.15, -0.1) is 0 Å². The lowest BCUT2D eigenvalue weighted by Crippen LogP contribution is -2.00. The molecule has 1 unspecified atom stereocenters. The molecule has 15 heavy (non-hydrogen) atoms. The summed E-state index contributed by atoms with van der Waals surface area (Å²) in [6.07, 6.45) is 3.46.